The molecule has 1 aliphatic rings. The first-order chi connectivity index (χ1) is 8.33. The Morgan fingerprint density at radius 3 is 2.88 bits per heavy atom. The molecule has 2 aromatic rings. The molecule has 0 spiro atoms. The molecule has 0 aromatic carbocycles. The van der Waals surface area contributed by atoms with Gasteiger partial charge in [0.15, 0.2) is 10.8 Å². The van der Waals surface area contributed by atoms with E-state index in [4.69, 9.17) is 0 Å². The molecule has 0 aliphatic heterocycles. The fraction of sp³-hybridized carbons (Fsp3) is 0.417. The third-order valence-corrected chi connectivity index (χ3v) is 3.95. The quantitative estimate of drug-likeness (QED) is 0.887. The van der Waals surface area contributed by atoms with Crippen molar-refractivity contribution in [2.75, 3.05) is 0 Å². The summed E-state index contributed by atoms with van der Waals surface area (Å²) in [6.07, 6.45) is 6.50. The fourth-order valence-corrected chi connectivity index (χ4v) is 2.93. The number of H-pyrrole nitrogens is 1. The second kappa shape index (κ2) is 4.41. The van der Waals surface area contributed by atoms with Gasteiger partial charge in [0.2, 0.25) is 0 Å². The number of nitrogens with one attached hydrogen (secondary N) is 1. The van der Waals surface area contributed by atoms with Crippen LogP contribution < -0.4 is 5.56 Å². The number of hydrogen-bond acceptors (Lipinski definition) is 4. The van der Waals surface area contributed by atoms with Crippen molar-refractivity contribution < 1.29 is 0 Å². The molecule has 1 fully saturated rings. The molecule has 88 valence electrons. The number of thiazole rings is 1. The minimum absolute atomic E-state index is 0.0768. The van der Waals surface area contributed by atoms with Crippen LogP contribution in [0.5, 0.6) is 0 Å². The van der Waals surface area contributed by atoms with E-state index in [0.717, 1.165) is 23.5 Å². The van der Waals surface area contributed by atoms with Crippen molar-refractivity contribution in [3.63, 3.8) is 0 Å². The topological polar surface area (TPSA) is 58.6 Å². The van der Waals surface area contributed by atoms with Crippen molar-refractivity contribution in [3.8, 4) is 10.8 Å². The van der Waals surface area contributed by atoms with Crippen LogP contribution in [0.3, 0.4) is 0 Å². The highest BCUT2D eigenvalue weighted by atomic mass is 32.1. The first-order valence-electron chi connectivity index (χ1n) is 5.84. The Morgan fingerprint density at radius 2 is 2.18 bits per heavy atom. The van der Waals surface area contributed by atoms with Crippen molar-refractivity contribution in [1.29, 1.82) is 0 Å². The molecule has 0 radical (unpaired) electrons. The number of nitrogens with zero attached hydrogens (tertiary/aromatic N) is 2. The van der Waals surface area contributed by atoms with Crippen molar-refractivity contribution in [3.05, 3.63) is 33.7 Å². The van der Waals surface area contributed by atoms with Crippen LogP contribution in [0.1, 0.15) is 37.3 Å². The summed E-state index contributed by atoms with van der Waals surface area (Å²) in [6, 6.07) is 1.63. The Hall–Kier alpha value is -1.49. The van der Waals surface area contributed by atoms with E-state index in [1.165, 1.54) is 24.2 Å². The molecule has 1 N–H and O–H groups in total. The van der Waals surface area contributed by atoms with E-state index in [9.17, 15) is 4.79 Å². The summed E-state index contributed by atoms with van der Waals surface area (Å²) in [6.45, 7) is 0. The maximum atomic E-state index is 11.6. The van der Waals surface area contributed by atoms with Crippen molar-refractivity contribution in [1.82, 2.24) is 15.0 Å². The number of rotatable bonds is 2. The van der Waals surface area contributed by atoms with Gasteiger partial charge in [0.25, 0.3) is 5.56 Å². The van der Waals surface area contributed by atoms with Crippen molar-refractivity contribution in [2.45, 2.75) is 31.6 Å². The molecule has 0 atom stereocenters. The Balaban J connectivity index is 2.03. The highest BCUT2D eigenvalue weighted by Gasteiger charge is 2.19. The SMILES string of the molecule is O=c1cc(C2CCCC2)nc(-c2nccs2)[nH]1. The lowest BCUT2D eigenvalue weighted by atomic mass is 10.0. The lowest BCUT2D eigenvalue weighted by Gasteiger charge is -2.08. The van der Waals surface area contributed by atoms with Gasteiger partial charge >= 0.3 is 0 Å². The largest absolute Gasteiger partial charge is 0.304 e. The first kappa shape index (κ1) is 10.7. The Bertz CT molecular complexity index is 555. The highest BCUT2D eigenvalue weighted by Crippen LogP contribution is 2.33. The summed E-state index contributed by atoms with van der Waals surface area (Å²) >= 11 is 1.49. The molecule has 0 bridgehead atoms. The van der Waals surface area contributed by atoms with E-state index >= 15 is 0 Å². The molecular weight excluding hydrogens is 234 g/mol. The molecule has 1 aliphatic carbocycles. The summed E-state index contributed by atoms with van der Waals surface area (Å²) in [5, 5.41) is 2.67. The van der Waals surface area contributed by atoms with Gasteiger partial charge in [-0.25, -0.2) is 9.97 Å². The van der Waals surface area contributed by atoms with E-state index in [0.29, 0.717) is 11.7 Å². The van der Waals surface area contributed by atoms with Gasteiger partial charge in [0.05, 0.1) is 5.69 Å². The van der Waals surface area contributed by atoms with Gasteiger partial charge in [-0.15, -0.1) is 11.3 Å². The predicted molar refractivity (Wildman–Crippen MR) is 67.2 cm³/mol. The summed E-state index contributed by atoms with van der Waals surface area (Å²) in [4.78, 5) is 23.1. The summed E-state index contributed by atoms with van der Waals surface area (Å²) in [5.74, 6) is 1.06. The van der Waals surface area contributed by atoms with E-state index in [1.807, 2.05) is 5.38 Å². The molecule has 4 nitrogen and oxygen atoms in total. The standard InChI is InChI=1S/C12H13N3OS/c16-10-7-9(8-3-1-2-4-8)14-11(15-10)12-13-5-6-17-12/h5-8H,1-4H2,(H,14,15,16). The Kier molecular flexibility index (Phi) is 2.76. The Morgan fingerprint density at radius 1 is 1.35 bits per heavy atom. The van der Waals surface area contributed by atoms with E-state index < -0.39 is 0 Å². The molecule has 0 saturated heterocycles. The van der Waals surface area contributed by atoms with Gasteiger partial charge in [0.1, 0.15) is 0 Å². The van der Waals surface area contributed by atoms with Gasteiger partial charge in [-0.05, 0) is 12.8 Å². The molecule has 17 heavy (non-hydrogen) atoms. The maximum absolute atomic E-state index is 11.6. The van der Waals surface area contributed by atoms with Crippen LogP contribution in [0.25, 0.3) is 10.8 Å². The lowest BCUT2D eigenvalue weighted by Crippen LogP contribution is -2.12. The van der Waals surface area contributed by atoms with Gasteiger partial charge < -0.3 is 4.98 Å². The fourth-order valence-electron chi connectivity index (χ4n) is 2.35. The normalized spacial score (nSPS) is 16.5. The third kappa shape index (κ3) is 2.15. The smallest absolute Gasteiger partial charge is 0.251 e. The zero-order chi connectivity index (χ0) is 11.7. The summed E-state index contributed by atoms with van der Waals surface area (Å²) in [7, 11) is 0. The number of aromatic nitrogens is 3. The first-order valence-corrected chi connectivity index (χ1v) is 6.72. The lowest BCUT2D eigenvalue weighted by molar-refractivity contribution is 0.693. The number of hydrogen-bond donors (Lipinski definition) is 1. The molecule has 3 rings (SSSR count). The van der Waals surface area contributed by atoms with Crippen molar-refractivity contribution in [2.24, 2.45) is 0 Å². The minimum Gasteiger partial charge on any atom is -0.304 e. The van der Waals surface area contributed by atoms with Gasteiger partial charge in [-0.3, -0.25) is 4.79 Å². The molecule has 2 aromatic heterocycles. The second-order valence-corrected chi connectivity index (χ2v) is 5.23. The highest BCUT2D eigenvalue weighted by molar-refractivity contribution is 7.12. The van der Waals surface area contributed by atoms with Crippen LogP contribution in [0.15, 0.2) is 22.4 Å². The van der Waals surface area contributed by atoms with E-state index in [2.05, 4.69) is 15.0 Å². The molecule has 0 unspecified atom stereocenters. The zero-order valence-corrected chi connectivity index (χ0v) is 10.2. The van der Waals surface area contributed by atoms with E-state index in [1.54, 1.807) is 12.3 Å². The van der Waals surface area contributed by atoms with Crippen LogP contribution >= 0.6 is 11.3 Å². The summed E-state index contributed by atoms with van der Waals surface area (Å²) in [5.41, 5.74) is 0.851. The van der Waals surface area contributed by atoms with Crippen LogP contribution in [-0.4, -0.2) is 15.0 Å². The number of aromatic amines is 1. The van der Waals surface area contributed by atoms with Crippen LogP contribution in [0.2, 0.25) is 0 Å². The predicted octanol–water partition coefficient (Wildman–Crippen LogP) is 2.55. The average molecular weight is 247 g/mol. The molecule has 1 saturated carbocycles. The monoisotopic (exact) mass is 247 g/mol. The average Bonchev–Trinajstić information content (AvgIpc) is 3.02. The molecule has 5 heteroatoms. The van der Waals surface area contributed by atoms with Crippen molar-refractivity contribution >= 4 is 11.3 Å². The van der Waals surface area contributed by atoms with E-state index in [-0.39, 0.29) is 5.56 Å². The maximum Gasteiger partial charge on any atom is 0.251 e. The zero-order valence-electron chi connectivity index (χ0n) is 9.35. The van der Waals surface area contributed by atoms with Gasteiger partial charge in [-0.1, -0.05) is 12.8 Å². The Labute approximate surface area is 103 Å². The van der Waals surface area contributed by atoms with Gasteiger partial charge in [0, 0.05) is 23.6 Å². The van der Waals surface area contributed by atoms with Crippen LogP contribution in [0, 0.1) is 0 Å². The van der Waals surface area contributed by atoms with Crippen LogP contribution in [-0.2, 0) is 0 Å². The minimum atomic E-state index is -0.0768. The molecule has 2 heterocycles. The molecule has 0 amide bonds. The van der Waals surface area contributed by atoms with Gasteiger partial charge in [-0.2, -0.15) is 0 Å². The molecular formula is C12H13N3OS. The second-order valence-electron chi connectivity index (χ2n) is 4.34. The third-order valence-electron chi connectivity index (χ3n) is 3.17. The summed E-state index contributed by atoms with van der Waals surface area (Å²) < 4.78 is 0. The van der Waals surface area contributed by atoms with Crippen LogP contribution in [0.4, 0.5) is 0 Å².